The number of hydrogen-bond acceptors (Lipinski definition) is 3. The van der Waals surface area contributed by atoms with Gasteiger partial charge in [-0.25, -0.2) is 0 Å². The van der Waals surface area contributed by atoms with Crippen molar-refractivity contribution >= 4 is 0 Å². The summed E-state index contributed by atoms with van der Waals surface area (Å²) in [6.07, 6.45) is 4.72. The van der Waals surface area contributed by atoms with E-state index in [1.54, 1.807) is 0 Å². The van der Waals surface area contributed by atoms with Gasteiger partial charge in [-0.1, -0.05) is 6.08 Å². The smallest absolute Gasteiger partial charge is 0.0112 e. The minimum Gasteiger partial charge on any atom is -0.304 e. The lowest BCUT2D eigenvalue weighted by molar-refractivity contribution is 0.126. The number of likely N-dealkylation sites (tertiary alicyclic amines) is 1. The molecule has 0 amide bonds. The summed E-state index contributed by atoms with van der Waals surface area (Å²) in [6, 6.07) is 1.45. The average molecular weight is 296 g/mol. The van der Waals surface area contributed by atoms with E-state index in [4.69, 9.17) is 0 Å². The highest BCUT2D eigenvalue weighted by Crippen LogP contribution is 2.18. The zero-order valence-electron chi connectivity index (χ0n) is 15.0. The van der Waals surface area contributed by atoms with Gasteiger partial charge in [0.2, 0.25) is 0 Å². The van der Waals surface area contributed by atoms with Crippen molar-refractivity contribution in [3.05, 3.63) is 12.7 Å². The van der Waals surface area contributed by atoms with Crippen molar-refractivity contribution in [2.75, 3.05) is 46.3 Å². The Morgan fingerprint density at radius 3 is 1.62 bits per heavy atom. The Kier molecular flexibility index (Phi) is 8.53. The monoisotopic (exact) mass is 295 g/mol. The first-order valence-corrected chi connectivity index (χ1v) is 8.73. The van der Waals surface area contributed by atoms with Crippen LogP contribution in [0, 0.1) is 5.92 Å². The predicted octanol–water partition coefficient (Wildman–Crippen LogP) is 2.94. The van der Waals surface area contributed by atoms with Crippen molar-refractivity contribution in [3.8, 4) is 0 Å². The highest BCUT2D eigenvalue weighted by Gasteiger charge is 2.18. The first-order valence-electron chi connectivity index (χ1n) is 8.73. The number of nitrogens with zero attached hydrogens (tertiary/aromatic N) is 3. The van der Waals surface area contributed by atoms with E-state index in [0.29, 0.717) is 0 Å². The molecule has 2 saturated heterocycles. The molecular formula is C18H37N3. The number of hydrogen-bond donors (Lipinski definition) is 0. The van der Waals surface area contributed by atoms with E-state index in [9.17, 15) is 0 Å². The number of rotatable bonds is 3. The van der Waals surface area contributed by atoms with Gasteiger partial charge in [-0.15, -0.1) is 6.58 Å². The van der Waals surface area contributed by atoms with E-state index < -0.39 is 0 Å². The molecule has 2 aliphatic rings. The number of likely N-dealkylation sites (N-methyl/N-ethyl adjacent to an activating group) is 1. The molecule has 0 spiro atoms. The molecule has 0 aromatic carbocycles. The normalized spacial score (nSPS) is 23.2. The second-order valence-corrected chi connectivity index (χ2v) is 7.14. The summed E-state index contributed by atoms with van der Waals surface area (Å²) in [5.41, 5.74) is 0. The van der Waals surface area contributed by atoms with Crippen LogP contribution in [0.2, 0.25) is 0 Å². The lowest BCUT2D eigenvalue weighted by Gasteiger charge is -2.34. The Hall–Kier alpha value is -0.380. The fraction of sp³-hybridized carbons (Fsp3) is 0.889. The highest BCUT2D eigenvalue weighted by atomic mass is 15.3. The second kappa shape index (κ2) is 9.60. The molecule has 0 radical (unpaired) electrons. The van der Waals surface area contributed by atoms with Crippen molar-refractivity contribution < 1.29 is 0 Å². The summed E-state index contributed by atoms with van der Waals surface area (Å²) in [6.45, 7) is 20.4. The molecule has 0 aromatic heterocycles. The Bertz CT molecular complexity index is 272. The Morgan fingerprint density at radius 1 is 0.810 bits per heavy atom. The van der Waals surface area contributed by atoms with Gasteiger partial charge in [0, 0.05) is 38.3 Å². The summed E-state index contributed by atoms with van der Waals surface area (Å²) in [7, 11) is 2.19. The topological polar surface area (TPSA) is 9.72 Å². The largest absolute Gasteiger partial charge is 0.304 e. The summed E-state index contributed by atoms with van der Waals surface area (Å²) in [5, 5.41) is 0. The number of piperidine rings is 1. The van der Waals surface area contributed by atoms with Crippen molar-refractivity contribution in [1.29, 1.82) is 0 Å². The van der Waals surface area contributed by atoms with Crippen molar-refractivity contribution in [3.63, 3.8) is 0 Å². The summed E-state index contributed by atoms with van der Waals surface area (Å²) >= 11 is 0. The maximum Gasteiger partial charge on any atom is 0.0112 e. The zero-order chi connectivity index (χ0) is 15.8. The van der Waals surface area contributed by atoms with Crippen LogP contribution in [0.3, 0.4) is 0 Å². The lowest BCUT2D eigenvalue weighted by Crippen LogP contribution is -2.47. The first-order chi connectivity index (χ1) is 9.93. The van der Waals surface area contributed by atoms with Crippen LogP contribution in [0.1, 0.15) is 40.5 Å². The molecule has 0 unspecified atom stereocenters. The Labute approximate surface area is 133 Å². The quantitative estimate of drug-likeness (QED) is 0.741. The van der Waals surface area contributed by atoms with Crippen LogP contribution in [0.15, 0.2) is 12.7 Å². The van der Waals surface area contributed by atoms with E-state index in [1.165, 1.54) is 52.1 Å². The fourth-order valence-electron chi connectivity index (χ4n) is 3.01. The molecule has 0 aromatic rings. The number of piperazine rings is 1. The molecule has 2 rings (SSSR count). The minimum atomic E-state index is 0.723. The van der Waals surface area contributed by atoms with Gasteiger partial charge in [0.05, 0.1) is 0 Å². The molecule has 3 nitrogen and oxygen atoms in total. The van der Waals surface area contributed by atoms with Crippen LogP contribution in [0.25, 0.3) is 0 Å². The summed E-state index contributed by atoms with van der Waals surface area (Å²) in [5.74, 6) is 0.782. The second-order valence-electron chi connectivity index (χ2n) is 7.14. The molecule has 124 valence electrons. The number of allylic oxidation sites excluding steroid dienone is 1. The third-order valence-electron chi connectivity index (χ3n) is 4.91. The van der Waals surface area contributed by atoms with Crippen molar-refractivity contribution in [2.45, 2.75) is 52.6 Å². The molecule has 2 fully saturated rings. The fourth-order valence-corrected chi connectivity index (χ4v) is 3.01. The van der Waals surface area contributed by atoms with E-state index in [0.717, 1.165) is 18.0 Å². The van der Waals surface area contributed by atoms with Crippen LogP contribution in [-0.2, 0) is 0 Å². The molecule has 0 N–H and O–H groups in total. The van der Waals surface area contributed by atoms with Gasteiger partial charge in [0.15, 0.2) is 0 Å². The Balaban J connectivity index is 0.000000211. The minimum absolute atomic E-state index is 0.723. The van der Waals surface area contributed by atoms with Gasteiger partial charge in [0.1, 0.15) is 0 Å². The third kappa shape index (κ3) is 6.94. The van der Waals surface area contributed by atoms with Crippen molar-refractivity contribution in [1.82, 2.24) is 14.7 Å². The molecule has 0 saturated carbocycles. The van der Waals surface area contributed by atoms with Crippen LogP contribution in [0.5, 0.6) is 0 Å². The van der Waals surface area contributed by atoms with Gasteiger partial charge in [-0.3, -0.25) is 4.90 Å². The average Bonchev–Trinajstić information content (AvgIpc) is 2.48. The van der Waals surface area contributed by atoms with E-state index in [2.05, 4.69) is 62.1 Å². The third-order valence-corrected chi connectivity index (χ3v) is 4.91. The van der Waals surface area contributed by atoms with E-state index in [1.807, 2.05) is 0 Å². The lowest BCUT2D eigenvalue weighted by atomic mass is 9.96. The van der Waals surface area contributed by atoms with Crippen LogP contribution in [0.4, 0.5) is 0 Å². The SMILES string of the molecule is C=CC1CCN(C(C)C)CC1.CC(C)N1CCN(C)CC1. The zero-order valence-corrected chi connectivity index (χ0v) is 15.0. The molecule has 21 heavy (non-hydrogen) atoms. The molecular weight excluding hydrogens is 258 g/mol. The highest BCUT2D eigenvalue weighted by molar-refractivity contribution is 4.84. The van der Waals surface area contributed by atoms with Crippen LogP contribution in [-0.4, -0.2) is 73.1 Å². The van der Waals surface area contributed by atoms with Crippen molar-refractivity contribution in [2.24, 2.45) is 5.92 Å². The standard InChI is InChI=1S/C10H19N.C8H18N2/c1-4-10-5-7-11(8-6-10)9(2)3;1-8(2)10-6-4-9(3)5-7-10/h4,9-10H,1,5-8H2,2-3H3;8H,4-7H2,1-3H3. The van der Waals surface area contributed by atoms with E-state index in [-0.39, 0.29) is 0 Å². The Morgan fingerprint density at radius 2 is 1.24 bits per heavy atom. The van der Waals surface area contributed by atoms with Gasteiger partial charge in [-0.2, -0.15) is 0 Å². The predicted molar refractivity (Wildman–Crippen MR) is 93.8 cm³/mol. The molecule has 2 heterocycles. The summed E-state index contributed by atoms with van der Waals surface area (Å²) in [4.78, 5) is 7.46. The molecule has 3 heteroatoms. The summed E-state index contributed by atoms with van der Waals surface area (Å²) < 4.78 is 0. The van der Waals surface area contributed by atoms with Gasteiger partial charge < -0.3 is 9.80 Å². The van der Waals surface area contributed by atoms with Crippen LogP contribution >= 0.6 is 0 Å². The van der Waals surface area contributed by atoms with Gasteiger partial charge in [-0.05, 0) is 66.6 Å². The van der Waals surface area contributed by atoms with E-state index >= 15 is 0 Å². The molecule has 2 aliphatic heterocycles. The molecule has 0 aliphatic carbocycles. The van der Waals surface area contributed by atoms with Gasteiger partial charge >= 0.3 is 0 Å². The molecule has 0 atom stereocenters. The van der Waals surface area contributed by atoms with Gasteiger partial charge in [0.25, 0.3) is 0 Å². The maximum absolute atomic E-state index is 3.84. The van der Waals surface area contributed by atoms with Crippen LogP contribution < -0.4 is 0 Å². The first kappa shape index (κ1) is 18.7. The molecule has 0 bridgehead atoms. The maximum atomic E-state index is 3.84.